The van der Waals surface area contributed by atoms with Gasteiger partial charge < -0.3 is 10.1 Å². The summed E-state index contributed by atoms with van der Waals surface area (Å²) in [7, 11) is 1.31. The van der Waals surface area contributed by atoms with Crippen molar-refractivity contribution in [1.29, 1.82) is 0 Å². The molecule has 0 saturated carbocycles. The molecular weight excluding hydrogens is 166 g/mol. The van der Waals surface area contributed by atoms with Crippen LogP contribution in [0.4, 0.5) is 0 Å². The molecule has 0 aromatic heterocycles. The van der Waals surface area contributed by atoms with E-state index in [1.165, 1.54) is 26.5 Å². The molecule has 3 nitrogen and oxygen atoms in total. The Balaban J connectivity index is 0. The van der Waals surface area contributed by atoms with Gasteiger partial charge in [0.05, 0.1) is 7.11 Å². The van der Waals surface area contributed by atoms with E-state index in [0.29, 0.717) is 0 Å². The van der Waals surface area contributed by atoms with E-state index in [-0.39, 0.29) is 0 Å². The number of esters is 1. The third-order valence-corrected chi connectivity index (χ3v) is 1.32. The normalized spacial score (nSPS) is 8.23. The quantitative estimate of drug-likeness (QED) is 0.405. The molecule has 0 saturated heterocycles. The maximum atomic E-state index is 9.84. The number of carbonyl (C=O) groups excluding carboxylic acids is 1. The van der Waals surface area contributed by atoms with E-state index in [4.69, 9.17) is 0 Å². The molecule has 0 radical (unpaired) electrons. The van der Waals surface area contributed by atoms with Crippen LogP contribution in [0.2, 0.25) is 0 Å². The van der Waals surface area contributed by atoms with Crippen LogP contribution in [-0.2, 0) is 9.53 Å². The van der Waals surface area contributed by atoms with E-state index in [0.717, 1.165) is 12.6 Å². The van der Waals surface area contributed by atoms with Gasteiger partial charge in [-0.05, 0) is 19.5 Å². The lowest BCUT2D eigenvalue weighted by Gasteiger charge is -1.95. The summed E-state index contributed by atoms with van der Waals surface area (Å²) in [5.41, 5.74) is 0. The second-order valence-electron chi connectivity index (χ2n) is 2.43. The van der Waals surface area contributed by atoms with Crippen LogP contribution in [0.15, 0.2) is 12.7 Å². The Hall–Kier alpha value is -0.830. The first-order valence-corrected chi connectivity index (χ1v) is 4.63. The summed E-state index contributed by atoms with van der Waals surface area (Å²) in [5, 5.41) is 3.25. The zero-order valence-electron chi connectivity index (χ0n) is 8.93. The highest BCUT2D eigenvalue weighted by Gasteiger charge is 1.81. The van der Waals surface area contributed by atoms with Crippen LogP contribution in [0.3, 0.4) is 0 Å². The number of ether oxygens (including phenoxy) is 1. The summed E-state index contributed by atoms with van der Waals surface area (Å²) in [5.74, 6) is -0.394. The maximum absolute atomic E-state index is 9.84. The first kappa shape index (κ1) is 14.7. The van der Waals surface area contributed by atoms with Crippen LogP contribution in [0.1, 0.15) is 26.7 Å². The van der Waals surface area contributed by atoms with Gasteiger partial charge in [-0.3, -0.25) is 0 Å². The van der Waals surface area contributed by atoms with Crippen molar-refractivity contribution in [3.8, 4) is 0 Å². The van der Waals surface area contributed by atoms with Crippen molar-refractivity contribution in [2.24, 2.45) is 0 Å². The average Bonchev–Trinajstić information content (AvgIpc) is 2.18. The van der Waals surface area contributed by atoms with Crippen LogP contribution in [0.5, 0.6) is 0 Å². The molecule has 0 aliphatic carbocycles. The van der Waals surface area contributed by atoms with Crippen molar-refractivity contribution in [2.45, 2.75) is 26.7 Å². The Bertz CT molecular complexity index is 120. The molecule has 1 N–H and O–H groups in total. The van der Waals surface area contributed by atoms with Gasteiger partial charge in [0, 0.05) is 6.08 Å². The monoisotopic (exact) mass is 187 g/mol. The van der Waals surface area contributed by atoms with E-state index in [1.807, 2.05) is 0 Å². The van der Waals surface area contributed by atoms with Gasteiger partial charge in [-0.1, -0.05) is 26.8 Å². The predicted molar refractivity (Wildman–Crippen MR) is 55.7 cm³/mol. The fraction of sp³-hybridized carbons (Fsp3) is 0.700. The van der Waals surface area contributed by atoms with Gasteiger partial charge in [-0.2, -0.15) is 0 Å². The van der Waals surface area contributed by atoms with E-state index in [2.05, 4.69) is 30.5 Å². The molecule has 0 aliphatic rings. The van der Waals surface area contributed by atoms with Crippen LogP contribution in [-0.4, -0.2) is 26.2 Å². The van der Waals surface area contributed by atoms with Gasteiger partial charge in [0.25, 0.3) is 0 Å². The summed E-state index contributed by atoms with van der Waals surface area (Å²) >= 11 is 0. The molecule has 0 aliphatic heterocycles. The third-order valence-electron chi connectivity index (χ3n) is 1.32. The largest absolute Gasteiger partial charge is 0.466 e. The number of hydrogen-bond acceptors (Lipinski definition) is 3. The zero-order chi connectivity index (χ0) is 10.5. The summed E-state index contributed by atoms with van der Waals surface area (Å²) in [6.45, 7) is 9.80. The van der Waals surface area contributed by atoms with Gasteiger partial charge in [0.1, 0.15) is 0 Å². The maximum Gasteiger partial charge on any atom is 0.329 e. The van der Waals surface area contributed by atoms with Crippen molar-refractivity contribution < 1.29 is 9.53 Å². The Morgan fingerprint density at radius 3 is 2.38 bits per heavy atom. The van der Waals surface area contributed by atoms with E-state index < -0.39 is 5.97 Å². The SMILES string of the molecule is C=CC(=O)OC.CCCCNCC. The molecule has 0 fully saturated rings. The number of carbonyl (C=O) groups is 1. The highest BCUT2D eigenvalue weighted by Crippen LogP contribution is 1.80. The van der Waals surface area contributed by atoms with Gasteiger partial charge >= 0.3 is 5.97 Å². The van der Waals surface area contributed by atoms with Gasteiger partial charge in [0.2, 0.25) is 0 Å². The van der Waals surface area contributed by atoms with Crippen LogP contribution < -0.4 is 5.32 Å². The van der Waals surface area contributed by atoms with Crippen molar-refractivity contribution >= 4 is 5.97 Å². The molecule has 0 spiro atoms. The topological polar surface area (TPSA) is 38.3 Å². The fourth-order valence-electron chi connectivity index (χ4n) is 0.562. The first-order chi connectivity index (χ1) is 6.22. The molecule has 0 amide bonds. The molecule has 0 unspecified atom stereocenters. The molecular formula is C10H21NO2. The van der Waals surface area contributed by atoms with E-state index >= 15 is 0 Å². The third kappa shape index (κ3) is 18.3. The molecule has 0 aromatic carbocycles. The summed E-state index contributed by atoms with van der Waals surface area (Å²) in [6.07, 6.45) is 3.72. The van der Waals surface area contributed by atoms with Crippen molar-refractivity contribution in [1.82, 2.24) is 5.32 Å². The minimum Gasteiger partial charge on any atom is -0.466 e. The number of methoxy groups -OCH3 is 1. The van der Waals surface area contributed by atoms with Crippen LogP contribution in [0, 0.1) is 0 Å². The predicted octanol–water partition coefficient (Wildman–Crippen LogP) is 1.74. The lowest BCUT2D eigenvalue weighted by molar-refractivity contribution is -0.134. The smallest absolute Gasteiger partial charge is 0.329 e. The van der Waals surface area contributed by atoms with Crippen LogP contribution in [0.25, 0.3) is 0 Å². The van der Waals surface area contributed by atoms with E-state index in [1.54, 1.807) is 0 Å². The molecule has 0 rings (SSSR count). The summed E-state index contributed by atoms with van der Waals surface area (Å²) in [6, 6.07) is 0. The Labute approximate surface area is 81.2 Å². The molecule has 3 heteroatoms. The highest BCUT2D eigenvalue weighted by molar-refractivity contribution is 5.80. The number of unbranched alkanes of at least 4 members (excludes halogenated alkanes) is 1. The molecule has 0 bridgehead atoms. The number of rotatable bonds is 5. The van der Waals surface area contributed by atoms with Crippen LogP contribution >= 0.6 is 0 Å². The lowest BCUT2D eigenvalue weighted by Crippen LogP contribution is -2.13. The Morgan fingerprint density at radius 1 is 1.54 bits per heavy atom. The fourth-order valence-corrected chi connectivity index (χ4v) is 0.562. The average molecular weight is 187 g/mol. The molecule has 0 atom stereocenters. The molecule has 0 heterocycles. The second kappa shape index (κ2) is 13.7. The highest BCUT2D eigenvalue weighted by atomic mass is 16.5. The van der Waals surface area contributed by atoms with Crippen molar-refractivity contribution in [3.63, 3.8) is 0 Å². The zero-order valence-corrected chi connectivity index (χ0v) is 8.93. The second-order valence-corrected chi connectivity index (χ2v) is 2.43. The van der Waals surface area contributed by atoms with Gasteiger partial charge in [0.15, 0.2) is 0 Å². The van der Waals surface area contributed by atoms with Gasteiger partial charge in [-0.25, -0.2) is 4.79 Å². The Kier molecular flexibility index (Phi) is 15.5. The number of nitrogens with one attached hydrogen (secondary N) is 1. The minimum atomic E-state index is -0.394. The standard InChI is InChI=1S/C6H15N.C4H6O2/c1-3-5-6-7-4-2;1-3-4(5)6-2/h7H,3-6H2,1-2H3;3H,1H2,2H3. The van der Waals surface area contributed by atoms with Crippen molar-refractivity contribution in [2.75, 3.05) is 20.2 Å². The first-order valence-electron chi connectivity index (χ1n) is 4.63. The minimum absolute atomic E-state index is 0.394. The van der Waals surface area contributed by atoms with E-state index in [9.17, 15) is 4.79 Å². The molecule has 0 aromatic rings. The number of hydrogen-bond donors (Lipinski definition) is 1. The Morgan fingerprint density at radius 2 is 2.15 bits per heavy atom. The lowest BCUT2D eigenvalue weighted by atomic mass is 10.3. The van der Waals surface area contributed by atoms with Crippen molar-refractivity contribution in [3.05, 3.63) is 12.7 Å². The van der Waals surface area contributed by atoms with Gasteiger partial charge in [-0.15, -0.1) is 0 Å². The summed E-state index contributed by atoms with van der Waals surface area (Å²) < 4.78 is 4.14. The summed E-state index contributed by atoms with van der Waals surface area (Å²) in [4.78, 5) is 9.84. The molecule has 78 valence electrons. The molecule has 13 heavy (non-hydrogen) atoms.